The van der Waals surface area contributed by atoms with Crippen molar-refractivity contribution < 1.29 is 9.59 Å². The van der Waals surface area contributed by atoms with Crippen molar-refractivity contribution >= 4 is 17.1 Å². The number of ketones is 2. The number of aryl methyl sites for hydroxylation is 2. The summed E-state index contributed by atoms with van der Waals surface area (Å²) in [6, 6.07) is 23.3. The molecule has 0 spiro atoms. The number of nitrogens with zero attached hydrogens (tertiary/aromatic N) is 1. The summed E-state index contributed by atoms with van der Waals surface area (Å²) < 4.78 is 1.90. The summed E-state index contributed by atoms with van der Waals surface area (Å²) in [7, 11) is 0. The van der Waals surface area contributed by atoms with E-state index < -0.39 is 0 Å². The van der Waals surface area contributed by atoms with Gasteiger partial charge in [0.2, 0.25) is 5.78 Å². The standard InChI is InChI=1S/C26H24N2O2/c1-3-18-10-9-17(2)28-23(15-22(25(18)28)24(29)16-27)26(30)21-13-11-20(12-14-21)19-7-5-4-6-8-19/h4-15H,3,16,27H2,1-2H3. The third-order valence-corrected chi connectivity index (χ3v) is 5.54. The maximum atomic E-state index is 13.4. The number of aromatic nitrogens is 1. The van der Waals surface area contributed by atoms with E-state index in [0.29, 0.717) is 16.8 Å². The molecule has 0 aliphatic rings. The first kappa shape index (κ1) is 19.8. The summed E-state index contributed by atoms with van der Waals surface area (Å²) in [5, 5.41) is 0. The Morgan fingerprint density at radius 3 is 2.20 bits per heavy atom. The maximum absolute atomic E-state index is 13.4. The number of hydrogen-bond acceptors (Lipinski definition) is 3. The fourth-order valence-electron chi connectivity index (χ4n) is 3.94. The third-order valence-electron chi connectivity index (χ3n) is 5.54. The van der Waals surface area contributed by atoms with E-state index in [0.717, 1.165) is 34.3 Å². The molecule has 4 heteroatoms. The number of benzene rings is 2. The summed E-state index contributed by atoms with van der Waals surface area (Å²) in [5.74, 6) is -0.275. The van der Waals surface area contributed by atoms with Crippen LogP contribution in [0.5, 0.6) is 0 Å². The van der Waals surface area contributed by atoms with Crippen LogP contribution in [-0.2, 0) is 6.42 Å². The van der Waals surface area contributed by atoms with Crippen molar-refractivity contribution in [1.29, 1.82) is 0 Å². The molecule has 4 nitrogen and oxygen atoms in total. The van der Waals surface area contributed by atoms with Crippen LogP contribution in [0.1, 0.15) is 44.6 Å². The van der Waals surface area contributed by atoms with Gasteiger partial charge in [-0.05, 0) is 42.2 Å². The van der Waals surface area contributed by atoms with Crippen LogP contribution in [0.25, 0.3) is 16.6 Å². The summed E-state index contributed by atoms with van der Waals surface area (Å²) in [6.07, 6.45) is 0.762. The van der Waals surface area contributed by atoms with Crippen molar-refractivity contribution in [3.05, 3.63) is 101 Å². The Bertz CT molecular complexity index is 1240. The highest BCUT2D eigenvalue weighted by Crippen LogP contribution is 2.27. The minimum absolute atomic E-state index is 0.0871. The van der Waals surface area contributed by atoms with Crippen LogP contribution in [0.2, 0.25) is 0 Å². The van der Waals surface area contributed by atoms with Crippen molar-refractivity contribution in [3.8, 4) is 11.1 Å². The second-order valence-corrected chi connectivity index (χ2v) is 7.38. The largest absolute Gasteiger partial charge is 0.324 e. The minimum atomic E-state index is -0.161. The van der Waals surface area contributed by atoms with Crippen LogP contribution in [0, 0.1) is 6.92 Å². The molecule has 0 atom stereocenters. The Kier molecular flexibility index (Phi) is 5.34. The Morgan fingerprint density at radius 1 is 0.900 bits per heavy atom. The van der Waals surface area contributed by atoms with Crippen LogP contribution in [0.15, 0.2) is 72.8 Å². The van der Waals surface area contributed by atoms with Crippen molar-refractivity contribution in [3.63, 3.8) is 0 Å². The lowest BCUT2D eigenvalue weighted by Crippen LogP contribution is -2.13. The maximum Gasteiger partial charge on any atom is 0.209 e. The lowest BCUT2D eigenvalue weighted by Gasteiger charge is -2.10. The highest BCUT2D eigenvalue weighted by atomic mass is 16.1. The van der Waals surface area contributed by atoms with Crippen molar-refractivity contribution in [2.45, 2.75) is 20.3 Å². The molecule has 2 aromatic heterocycles. The van der Waals surface area contributed by atoms with Crippen LogP contribution >= 0.6 is 0 Å². The number of carbonyl (C=O) groups is 2. The fraction of sp³-hybridized carbons (Fsp3) is 0.154. The third kappa shape index (κ3) is 3.36. The number of pyridine rings is 1. The van der Waals surface area contributed by atoms with Crippen LogP contribution in [-0.4, -0.2) is 22.5 Å². The van der Waals surface area contributed by atoms with Crippen molar-refractivity contribution in [2.75, 3.05) is 6.54 Å². The molecule has 0 aliphatic carbocycles. The summed E-state index contributed by atoms with van der Waals surface area (Å²) in [5.41, 5.74) is 12.1. The van der Waals surface area contributed by atoms with Gasteiger partial charge < -0.3 is 10.1 Å². The molecule has 30 heavy (non-hydrogen) atoms. The predicted molar refractivity (Wildman–Crippen MR) is 120 cm³/mol. The second kappa shape index (κ2) is 8.09. The molecule has 0 aliphatic heterocycles. The van der Waals surface area contributed by atoms with Gasteiger partial charge in [0.05, 0.1) is 17.8 Å². The molecule has 4 aromatic rings. The zero-order chi connectivity index (χ0) is 21.3. The number of nitrogens with two attached hydrogens (primary N) is 1. The zero-order valence-corrected chi connectivity index (χ0v) is 17.2. The van der Waals surface area contributed by atoms with Gasteiger partial charge in [0.15, 0.2) is 5.78 Å². The Morgan fingerprint density at radius 2 is 1.57 bits per heavy atom. The molecule has 0 radical (unpaired) electrons. The van der Waals surface area contributed by atoms with E-state index in [1.165, 1.54) is 0 Å². The number of Topliss-reactive ketones (excluding diaryl/α,β-unsaturated/α-hetero) is 1. The Labute approximate surface area is 176 Å². The van der Waals surface area contributed by atoms with Gasteiger partial charge in [0.25, 0.3) is 0 Å². The molecular formula is C26H24N2O2. The van der Waals surface area contributed by atoms with Crippen LogP contribution in [0.3, 0.4) is 0 Å². The Hall–Kier alpha value is -3.50. The van der Waals surface area contributed by atoms with E-state index in [1.807, 2.05) is 85.0 Å². The average molecular weight is 396 g/mol. The fourth-order valence-corrected chi connectivity index (χ4v) is 3.94. The van der Waals surface area contributed by atoms with E-state index in [-0.39, 0.29) is 18.1 Å². The lowest BCUT2D eigenvalue weighted by atomic mass is 10.0. The molecule has 4 rings (SSSR count). The highest BCUT2D eigenvalue weighted by Gasteiger charge is 2.22. The summed E-state index contributed by atoms with van der Waals surface area (Å²) in [4.78, 5) is 26.0. The second-order valence-electron chi connectivity index (χ2n) is 7.38. The minimum Gasteiger partial charge on any atom is -0.324 e. The number of rotatable bonds is 6. The van der Waals surface area contributed by atoms with E-state index in [9.17, 15) is 9.59 Å². The van der Waals surface area contributed by atoms with Gasteiger partial charge in [-0.2, -0.15) is 0 Å². The van der Waals surface area contributed by atoms with Crippen molar-refractivity contribution in [2.24, 2.45) is 5.73 Å². The van der Waals surface area contributed by atoms with Gasteiger partial charge in [-0.25, -0.2) is 0 Å². The van der Waals surface area contributed by atoms with E-state index in [2.05, 4.69) is 0 Å². The first-order chi connectivity index (χ1) is 14.5. The van der Waals surface area contributed by atoms with Crippen molar-refractivity contribution in [1.82, 2.24) is 4.40 Å². The van der Waals surface area contributed by atoms with Gasteiger partial charge in [-0.15, -0.1) is 0 Å². The number of fused-ring (bicyclic) bond motifs is 1. The number of carbonyl (C=O) groups excluding carboxylic acids is 2. The van der Waals surface area contributed by atoms with Gasteiger partial charge in [-0.3, -0.25) is 9.59 Å². The van der Waals surface area contributed by atoms with Gasteiger partial charge in [-0.1, -0.05) is 67.6 Å². The van der Waals surface area contributed by atoms with E-state index in [1.54, 1.807) is 6.07 Å². The quantitative estimate of drug-likeness (QED) is 0.474. The smallest absolute Gasteiger partial charge is 0.209 e. The summed E-state index contributed by atoms with van der Waals surface area (Å²) >= 11 is 0. The summed E-state index contributed by atoms with van der Waals surface area (Å²) in [6.45, 7) is 3.90. The van der Waals surface area contributed by atoms with E-state index >= 15 is 0 Å². The lowest BCUT2D eigenvalue weighted by molar-refractivity contribution is 0.100. The topological polar surface area (TPSA) is 64.6 Å². The zero-order valence-electron chi connectivity index (χ0n) is 17.2. The monoisotopic (exact) mass is 396 g/mol. The molecule has 0 amide bonds. The highest BCUT2D eigenvalue weighted by molar-refractivity contribution is 6.13. The molecular weight excluding hydrogens is 372 g/mol. The molecule has 2 heterocycles. The van der Waals surface area contributed by atoms with Gasteiger partial charge in [0.1, 0.15) is 0 Å². The molecule has 2 N–H and O–H groups in total. The molecule has 0 unspecified atom stereocenters. The molecule has 150 valence electrons. The Balaban J connectivity index is 1.83. The average Bonchev–Trinajstić information content (AvgIpc) is 3.21. The first-order valence-electron chi connectivity index (χ1n) is 10.1. The van der Waals surface area contributed by atoms with Gasteiger partial charge in [0, 0.05) is 16.8 Å². The molecule has 0 fully saturated rings. The first-order valence-corrected chi connectivity index (χ1v) is 10.1. The molecule has 0 saturated carbocycles. The van der Waals surface area contributed by atoms with Crippen LogP contribution < -0.4 is 5.73 Å². The van der Waals surface area contributed by atoms with Gasteiger partial charge >= 0.3 is 0 Å². The van der Waals surface area contributed by atoms with E-state index in [4.69, 9.17) is 5.73 Å². The number of hydrogen-bond donors (Lipinski definition) is 1. The molecule has 0 bridgehead atoms. The normalized spacial score (nSPS) is 11.0. The van der Waals surface area contributed by atoms with Crippen LogP contribution in [0.4, 0.5) is 0 Å². The SMILES string of the molecule is CCc1ccc(C)n2c(C(=O)c3ccc(-c4ccccc4)cc3)cc(C(=O)CN)c12. The molecule has 0 saturated heterocycles. The predicted octanol–water partition coefficient (Wildman–Crippen LogP) is 4.85. The molecule has 2 aromatic carbocycles.